The molecule has 7 heteroatoms. The topological polar surface area (TPSA) is 58.4 Å². The number of carbonyl (C=O) groups excluding carboxylic acids is 1. The van der Waals surface area contributed by atoms with Gasteiger partial charge >= 0.3 is 0 Å². The Hall–Kier alpha value is -2.67. The number of hydrogen-bond acceptors (Lipinski definition) is 5. The normalized spacial score (nSPS) is 14.6. The molecule has 1 saturated heterocycles. The molecule has 28 heavy (non-hydrogen) atoms. The van der Waals surface area contributed by atoms with Crippen molar-refractivity contribution in [2.24, 2.45) is 0 Å². The van der Waals surface area contributed by atoms with Gasteiger partial charge in [-0.25, -0.2) is 4.98 Å². The number of aryl methyl sites for hydroxylation is 3. The van der Waals surface area contributed by atoms with Gasteiger partial charge in [-0.1, -0.05) is 18.2 Å². The Morgan fingerprint density at radius 3 is 2.54 bits per heavy atom. The van der Waals surface area contributed by atoms with E-state index in [1.54, 1.807) is 22.2 Å². The minimum Gasteiger partial charge on any atom is -0.368 e. The summed E-state index contributed by atoms with van der Waals surface area (Å²) in [4.78, 5) is 35.9. The van der Waals surface area contributed by atoms with Crippen molar-refractivity contribution in [3.05, 3.63) is 57.5 Å². The number of thiophene rings is 1. The molecule has 0 saturated carbocycles. The van der Waals surface area contributed by atoms with Crippen LogP contribution in [-0.4, -0.2) is 46.5 Å². The Bertz CT molecular complexity index is 1050. The van der Waals surface area contributed by atoms with E-state index in [1.165, 1.54) is 5.69 Å². The lowest BCUT2D eigenvalue weighted by atomic mass is 10.2. The van der Waals surface area contributed by atoms with Gasteiger partial charge in [-0.15, -0.1) is 11.3 Å². The molecule has 1 amide bonds. The number of piperazine rings is 1. The zero-order chi connectivity index (χ0) is 19.7. The van der Waals surface area contributed by atoms with Gasteiger partial charge in [0.15, 0.2) is 0 Å². The van der Waals surface area contributed by atoms with Crippen molar-refractivity contribution in [2.45, 2.75) is 26.8 Å². The Labute approximate surface area is 168 Å². The largest absolute Gasteiger partial charge is 0.368 e. The van der Waals surface area contributed by atoms with Gasteiger partial charge in [0.05, 0.1) is 11.7 Å². The molecule has 0 unspecified atom stereocenters. The second kappa shape index (κ2) is 7.75. The van der Waals surface area contributed by atoms with Gasteiger partial charge in [0.2, 0.25) is 5.91 Å². The molecule has 1 aromatic carbocycles. The Balaban J connectivity index is 1.38. The zero-order valence-corrected chi connectivity index (χ0v) is 17.0. The summed E-state index contributed by atoms with van der Waals surface area (Å²) in [5, 5.41) is 0.689. The highest BCUT2D eigenvalue weighted by molar-refractivity contribution is 7.18. The van der Waals surface area contributed by atoms with Crippen LogP contribution in [0.2, 0.25) is 0 Å². The van der Waals surface area contributed by atoms with Crippen molar-refractivity contribution >= 4 is 33.1 Å². The third kappa shape index (κ3) is 3.54. The number of hydrogen-bond donors (Lipinski definition) is 0. The summed E-state index contributed by atoms with van der Waals surface area (Å²) >= 11 is 1.54. The zero-order valence-electron chi connectivity index (χ0n) is 16.2. The first-order chi connectivity index (χ1) is 13.5. The molecule has 1 fully saturated rings. The van der Waals surface area contributed by atoms with E-state index in [0.29, 0.717) is 31.4 Å². The lowest BCUT2D eigenvalue weighted by molar-refractivity contribution is -0.131. The molecule has 146 valence electrons. The molecule has 2 aromatic heterocycles. The first-order valence-electron chi connectivity index (χ1n) is 9.57. The molecular weight excluding hydrogens is 372 g/mol. The Kier molecular flexibility index (Phi) is 5.17. The first kappa shape index (κ1) is 18.7. The lowest BCUT2D eigenvalue weighted by Crippen LogP contribution is -2.49. The number of carbonyl (C=O) groups is 1. The number of para-hydroxylation sites is 1. The van der Waals surface area contributed by atoms with Crippen LogP contribution in [0, 0.1) is 13.8 Å². The van der Waals surface area contributed by atoms with Crippen molar-refractivity contribution in [1.82, 2.24) is 14.5 Å². The quantitative estimate of drug-likeness (QED) is 0.680. The van der Waals surface area contributed by atoms with Gasteiger partial charge in [-0.2, -0.15) is 0 Å². The van der Waals surface area contributed by atoms with Crippen LogP contribution in [0.15, 0.2) is 41.5 Å². The second-order valence-corrected chi connectivity index (χ2v) is 8.36. The van der Waals surface area contributed by atoms with Crippen LogP contribution in [0.5, 0.6) is 0 Å². The molecule has 1 aliphatic rings. The van der Waals surface area contributed by atoms with Crippen LogP contribution >= 0.6 is 11.3 Å². The molecule has 6 nitrogen and oxygen atoms in total. The fraction of sp³-hybridized carbons (Fsp3) is 0.381. The minimum atomic E-state index is -0.0476. The summed E-state index contributed by atoms with van der Waals surface area (Å²) in [6, 6.07) is 10.3. The van der Waals surface area contributed by atoms with Crippen molar-refractivity contribution < 1.29 is 4.79 Å². The highest BCUT2D eigenvalue weighted by atomic mass is 32.1. The number of nitrogens with zero attached hydrogens (tertiary/aromatic N) is 4. The standard InChI is InChI=1S/C21H24N4O2S/c1-15-16(2)28-20-19(15)21(27)25(14-22-20)9-8-18(26)24-12-10-23(11-13-24)17-6-4-3-5-7-17/h3-7,14H,8-13H2,1-2H3. The second-order valence-electron chi connectivity index (χ2n) is 7.16. The van der Waals surface area contributed by atoms with E-state index in [2.05, 4.69) is 22.0 Å². The van der Waals surface area contributed by atoms with E-state index in [0.717, 1.165) is 28.4 Å². The molecule has 0 bridgehead atoms. The average molecular weight is 397 g/mol. The van der Waals surface area contributed by atoms with E-state index in [9.17, 15) is 9.59 Å². The lowest BCUT2D eigenvalue weighted by Gasteiger charge is -2.36. The van der Waals surface area contributed by atoms with E-state index in [-0.39, 0.29) is 11.5 Å². The molecular formula is C21H24N4O2S. The average Bonchev–Trinajstić information content (AvgIpc) is 3.02. The monoisotopic (exact) mass is 396 g/mol. The van der Waals surface area contributed by atoms with Crippen LogP contribution in [0.25, 0.3) is 10.2 Å². The summed E-state index contributed by atoms with van der Waals surface area (Å²) in [5.41, 5.74) is 2.14. The van der Waals surface area contributed by atoms with Crippen LogP contribution in [0.3, 0.4) is 0 Å². The van der Waals surface area contributed by atoms with E-state index < -0.39 is 0 Å². The molecule has 0 radical (unpaired) electrons. The molecule has 4 rings (SSSR count). The molecule has 3 aromatic rings. The predicted molar refractivity (Wildman–Crippen MR) is 113 cm³/mol. The maximum Gasteiger partial charge on any atom is 0.262 e. The predicted octanol–water partition coefficient (Wildman–Crippen LogP) is 2.81. The van der Waals surface area contributed by atoms with Gasteiger partial charge in [-0.3, -0.25) is 14.2 Å². The number of fused-ring (bicyclic) bond motifs is 1. The number of amides is 1. The number of anilines is 1. The highest BCUT2D eigenvalue weighted by Crippen LogP contribution is 2.25. The van der Waals surface area contributed by atoms with E-state index in [1.807, 2.05) is 36.9 Å². The molecule has 0 N–H and O–H groups in total. The Morgan fingerprint density at radius 2 is 1.82 bits per heavy atom. The summed E-state index contributed by atoms with van der Waals surface area (Å²) in [5.74, 6) is 0.0953. The molecule has 3 heterocycles. The smallest absolute Gasteiger partial charge is 0.262 e. The third-order valence-electron chi connectivity index (χ3n) is 5.48. The van der Waals surface area contributed by atoms with Crippen LogP contribution < -0.4 is 10.5 Å². The van der Waals surface area contributed by atoms with Crippen molar-refractivity contribution in [3.63, 3.8) is 0 Å². The van der Waals surface area contributed by atoms with Crippen LogP contribution in [0.4, 0.5) is 5.69 Å². The fourth-order valence-corrected chi connectivity index (χ4v) is 4.64. The molecule has 1 aliphatic heterocycles. The number of rotatable bonds is 4. The maximum atomic E-state index is 12.7. The summed E-state index contributed by atoms with van der Waals surface area (Å²) in [7, 11) is 0. The first-order valence-corrected chi connectivity index (χ1v) is 10.4. The summed E-state index contributed by atoms with van der Waals surface area (Å²) in [6.45, 7) is 7.41. The molecule has 0 spiro atoms. The van der Waals surface area contributed by atoms with Crippen molar-refractivity contribution in [1.29, 1.82) is 0 Å². The molecule has 0 aliphatic carbocycles. The minimum absolute atomic E-state index is 0.0476. The summed E-state index contributed by atoms with van der Waals surface area (Å²) < 4.78 is 1.57. The molecule has 0 atom stereocenters. The van der Waals surface area contributed by atoms with Gasteiger partial charge < -0.3 is 9.80 Å². The fourth-order valence-electron chi connectivity index (χ4n) is 3.66. The number of aromatic nitrogens is 2. The maximum absolute atomic E-state index is 12.7. The van der Waals surface area contributed by atoms with Crippen molar-refractivity contribution in [2.75, 3.05) is 31.1 Å². The SMILES string of the molecule is Cc1sc2ncn(CCC(=O)N3CCN(c4ccccc4)CC3)c(=O)c2c1C. The van der Waals surface area contributed by atoms with E-state index in [4.69, 9.17) is 0 Å². The van der Waals surface area contributed by atoms with Crippen LogP contribution in [0.1, 0.15) is 16.9 Å². The summed E-state index contributed by atoms with van der Waals surface area (Å²) in [6.07, 6.45) is 1.89. The van der Waals surface area contributed by atoms with Crippen molar-refractivity contribution in [3.8, 4) is 0 Å². The van der Waals surface area contributed by atoms with Crippen LogP contribution in [-0.2, 0) is 11.3 Å². The van der Waals surface area contributed by atoms with Gasteiger partial charge in [0.25, 0.3) is 5.56 Å². The third-order valence-corrected chi connectivity index (χ3v) is 6.59. The highest BCUT2D eigenvalue weighted by Gasteiger charge is 2.21. The van der Waals surface area contributed by atoms with Gasteiger partial charge in [0, 0.05) is 49.7 Å². The van der Waals surface area contributed by atoms with Gasteiger partial charge in [-0.05, 0) is 31.5 Å². The van der Waals surface area contributed by atoms with Gasteiger partial charge in [0.1, 0.15) is 4.83 Å². The number of benzene rings is 1. The van der Waals surface area contributed by atoms with E-state index >= 15 is 0 Å². The Morgan fingerprint density at radius 1 is 1.11 bits per heavy atom.